The number of allylic oxidation sites excluding steroid dienone is 4. The molecular formula is C25H31N3O2S. The van der Waals surface area contributed by atoms with Crippen LogP contribution in [0, 0.1) is 5.92 Å². The minimum atomic E-state index is 0.107. The molecule has 2 heterocycles. The van der Waals surface area contributed by atoms with Gasteiger partial charge < -0.3 is 4.74 Å². The van der Waals surface area contributed by atoms with Crippen LogP contribution in [0.5, 0.6) is 0 Å². The van der Waals surface area contributed by atoms with Crippen LogP contribution >= 0.6 is 11.3 Å². The molecule has 164 valence electrons. The second kappa shape index (κ2) is 10.8. The first kappa shape index (κ1) is 21.9. The molecule has 1 aliphatic heterocycles. The average molecular weight is 438 g/mol. The summed E-state index contributed by atoms with van der Waals surface area (Å²) in [5.41, 5.74) is 3.16. The van der Waals surface area contributed by atoms with Crippen LogP contribution < -0.4 is 4.90 Å². The third kappa shape index (κ3) is 6.12. The van der Waals surface area contributed by atoms with Crippen molar-refractivity contribution < 1.29 is 9.53 Å². The van der Waals surface area contributed by atoms with E-state index in [2.05, 4.69) is 35.4 Å². The fraction of sp³-hybridized carbons (Fsp3) is 0.440. The maximum Gasteiger partial charge on any atom is 0.233 e. The van der Waals surface area contributed by atoms with Crippen molar-refractivity contribution in [3.63, 3.8) is 0 Å². The van der Waals surface area contributed by atoms with Gasteiger partial charge in [0.05, 0.1) is 25.3 Å². The van der Waals surface area contributed by atoms with E-state index in [0.717, 1.165) is 67.7 Å². The molecule has 1 fully saturated rings. The molecule has 6 heteroatoms. The second-order valence-corrected chi connectivity index (χ2v) is 9.10. The summed E-state index contributed by atoms with van der Waals surface area (Å²) in [5.74, 6) is 0.630. The van der Waals surface area contributed by atoms with E-state index in [1.165, 1.54) is 0 Å². The van der Waals surface area contributed by atoms with Crippen molar-refractivity contribution in [3.05, 3.63) is 65.2 Å². The molecular weight excluding hydrogens is 406 g/mol. The average Bonchev–Trinajstić information content (AvgIpc) is 3.28. The summed E-state index contributed by atoms with van der Waals surface area (Å²) in [6.07, 6.45) is 9.02. The maximum absolute atomic E-state index is 13.3. The Labute approximate surface area is 189 Å². The number of nitrogens with zero attached hydrogens (tertiary/aromatic N) is 3. The largest absolute Gasteiger partial charge is 0.379 e. The summed E-state index contributed by atoms with van der Waals surface area (Å²) >= 11 is 1.56. The van der Waals surface area contributed by atoms with Gasteiger partial charge in [-0.3, -0.25) is 14.6 Å². The minimum absolute atomic E-state index is 0.107. The smallest absolute Gasteiger partial charge is 0.233 e. The van der Waals surface area contributed by atoms with Gasteiger partial charge in [0.2, 0.25) is 5.91 Å². The summed E-state index contributed by atoms with van der Waals surface area (Å²) in [5, 5.41) is 2.87. The summed E-state index contributed by atoms with van der Waals surface area (Å²) in [4.78, 5) is 22.4. The zero-order valence-corrected chi connectivity index (χ0v) is 19.0. The Morgan fingerprint density at radius 1 is 1.26 bits per heavy atom. The molecule has 2 aliphatic rings. The Morgan fingerprint density at radius 3 is 2.84 bits per heavy atom. The molecule has 1 atom stereocenters. The Bertz CT molecular complexity index is 916. The molecule has 0 N–H and O–H groups in total. The van der Waals surface area contributed by atoms with Crippen molar-refractivity contribution in [2.24, 2.45) is 5.92 Å². The van der Waals surface area contributed by atoms with Gasteiger partial charge in [0, 0.05) is 31.6 Å². The predicted octanol–water partition coefficient (Wildman–Crippen LogP) is 4.42. The maximum atomic E-state index is 13.3. The minimum Gasteiger partial charge on any atom is -0.379 e. The van der Waals surface area contributed by atoms with Gasteiger partial charge in [-0.05, 0) is 29.9 Å². The van der Waals surface area contributed by atoms with E-state index in [1.807, 2.05) is 35.2 Å². The second-order valence-electron chi connectivity index (χ2n) is 8.27. The molecule has 1 unspecified atom stereocenters. The summed E-state index contributed by atoms with van der Waals surface area (Å²) < 4.78 is 5.44. The first-order valence-electron chi connectivity index (χ1n) is 11.2. The van der Waals surface area contributed by atoms with E-state index < -0.39 is 0 Å². The predicted molar refractivity (Wildman–Crippen MR) is 127 cm³/mol. The van der Waals surface area contributed by atoms with Crippen LogP contribution in [0.25, 0.3) is 5.57 Å². The number of hydrogen-bond acceptors (Lipinski definition) is 5. The van der Waals surface area contributed by atoms with Gasteiger partial charge in [-0.25, -0.2) is 4.98 Å². The molecule has 0 spiro atoms. The van der Waals surface area contributed by atoms with E-state index in [-0.39, 0.29) is 5.91 Å². The van der Waals surface area contributed by atoms with Gasteiger partial charge in [-0.15, -0.1) is 11.3 Å². The van der Waals surface area contributed by atoms with Gasteiger partial charge in [-0.1, -0.05) is 55.5 Å². The van der Waals surface area contributed by atoms with Gasteiger partial charge in [0.1, 0.15) is 0 Å². The number of thiazole rings is 1. The van der Waals surface area contributed by atoms with Crippen molar-refractivity contribution in [2.45, 2.75) is 26.2 Å². The number of aromatic nitrogens is 1. The molecule has 5 nitrogen and oxygen atoms in total. The van der Waals surface area contributed by atoms with Gasteiger partial charge in [-0.2, -0.15) is 0 Å². The van der Waals surface area contributed by atoms with E-state index in [1.54, 1.807) is 11.3 Å². The van der Waals surface area contributed by atoms with Crippen LogP contribution in [0.4, 0.5) is 5.13 Å². The van der Waals surface area contributed by atoms with Crippen molar-refractivity contribution >= 4 is 27.9 Å². The Morgan fingerprint density at radius 2 is 2.06 bits per heavy atom. The summed E-state index contributed by atoms with van der Waals surface area (Å²) in [6, 6.07) is 9.96. The number of rotatable bonds is 8. The third-order valence-electron chi connectivity index (χ3n) is 5.75. The monoisotopic (exact) mass is 437 g/mol. The number of anilines is 1. The van der Waals surface area contributed by atoms with Crippen molar-refractivity contribution in [1.29, 1.82) is 0 Å². The summed E-state index contributed by atoms with van der Waals surface area (Å²) in [7, 11) is 0. The van der Waals surface area contributed by atoms with Crippen LogP contribution in [-0.4, -0.2) is 55.2 Å². The number of carbonyl (C=O) groups excluding carboxylic acids is 1. The van der Waals surface area contributed by atoms with E-state index in [0.29, 0.717) is 18.9 Å². The number of carbonyl (C=O) groups is 1. The van der Waals surface area contributed by atoms with Crippen molar-refractivity contribution in [1.82, 2.24) is 9.88 Å². The molecule has 4 rings (SSSR count). The van der Waals surface area contributed by atoms with E-state index in [4.69, 9.17) is 9.72 Å². The lowest BCUT2D eigenvalue weighted by Crippen LogP contribution is -2.39. The Hall–Kier alpha value is -2.28. The number of ether oxygens (including phenoxy) is 1. The fourth-order valence-corrected chi connectivity index (χ4v) is 4.88. The number of hydrogen-bond donors (Lipinski definition) is 0. The van der Waals surface area contributed by atoms with Crippen LogP contribution in [0.2, 0.25) is 0 Å². The fourth-order valence-electron chi connectivity index (χ4n) is 4.00. The number of morpholine rings is 1. The normalized spacial score (nSPS) is 19.3. The highest BCUT2D eigenvalue weighted by atomic mass is 32.1. The third-order valence-corrected chi connectivity index (χ3v) is 6.61. The molecule has 1 aromatic carbocycles. The molecule has 2 aromatic rings. The first-order valence-corrected chi connectivity index (χ1v) is 12.1. The standard InChI is InChI=1S/C25H31N3O2S/c1-20-7-5-10-22(17-20)23-19-31-25(26-23)28(12-6-11-27-13-15-30-16-14-27)24(29)18-21-8-3-2-4-9-21/h2-5,8-10,17,19-20H,6-7,11-16,18H2,1H3. The molecule has 1 amide bonds. The molecule has 1 saturated heterocycles. The lowest BCUT2D eigenvalue weighted by Gasteiger charge is -2.27. The summed E-state index contributed by atoms with van der Waals surface area (Å²) in [6.45, 7) is 7.42. The zero-order chi connectivity index (χ0) is 21.5. The Balaban J connectivity index is 1.47. The highest BCUT2D eigenvalue weighted by Crippen LogP contribution is 2.29. The molecule has 31 heavy (non-hydrogen) atoms. The van der Waals surface area contributed by atoms with E-state index >= 15 is 0 Å². The number of benzene rings is 1. The quantitative estimate of drug-likeness (QED) is 0.613. The SMILES string of the molecule is CC1C=C(c2csc(N(CCCN3CCOCC3)C(=O)Cc3ccccc3)n2)C=CC1. The van der Waals surface area contributed by atoms with Crippen LogP contribution in [0.1, 0.15) is 31.0 Å². The molecule has 1 aliphatic carbocycles. The highest BCUT2D eigenvalue weighted by Gasteiger charge is 2.21. The zero-order valence-electron chi connectivity index (χ0n) is 18.2. The Kier molecular flexibility index (Phi) is 7.67. The lowest BCUT2D eigenvalue weighted by molar-refractivity contribution is -0.118. The molecule has 1 aromatic heterocycles. The van der Waals surface area contributed by atoms with Crippen LogP contribution in [0.3, 0.4) is 0 Å². The molecule has 0 radical (unpaired) electrons. The topological polar surface area (TPSA) is 45.7 Å². The van der Waals surface area contributed by atoms with Gasteiger partial charge in [0.15, 0.2) is 5.13 Å². The first-order chi connectivity index (χ1) is 15.2. The van der Waals surface area contributed by atoms with Gasteiger partial charge in [0.25, 0.3) is 0 Å². The highest BCUT2D eigenvalue weighted by molar-refractivity contribution is 7.14. The molecule has 0 saturated carbocycles. The lowest BCUT2D eigenvalue weighted by atomic mass is 9.97. The van der Waals surface area contributed by atoms with Gasteiger partial charge >= 0.3 is 0 Å². The molecule has 0 bridgehead atoms. The number of amides is 1. The van der Waals surface area contributed by atoms with Crippen LogP contribution in [-0.2, 0) is 16.0 Å². The van der Waals surface area contributed by atoms with Crippen LogP contribution in [0.15, 0.2) is 53.9 Å². The van der Waals surface area contributed by atoms with E-state index in [9.17, 15) is 4.79 Å². The van der Waals surface area contributed by atoms with Crippen molar-refractivity contribution in [2.75, 3.05) is 44.3 Å². The van der Waals surface area contributed by atoms with Crippen molar-refractivity contribution in [3.8, 4) is 0 Å².